The van der Waals surface area contributed by atoms with Crippen LogP contribution in [-0.2, 0) is 0 Å². The molecule has 2 heterocycles. The molecule has 1 fully saturated rings. The van der Waals surface area contributed by atoms with Crippen LogP contribution in [0.1, 0.15) is 10.5 Å². The van der Waals surface area contributed by atoms with E-state index in [1.54, 1.807) is 18.0 Å². The lowest BCUT2D eigenvalue weighted by atomic mass is 10.0. The van der Waals surface area contributed by atoms with E-state index in [4.69, 9.17) is 4.74 Å². The summed E-state index contributed by atoms with van der Waals surface area (Å²) in [4.78, 5) is 12.2. The molecule has 1 aliphatic rings. The maximum atomic E-state index is 12.2. The third kappa shape index (κ3) is 3.40. The van der Waals surface area contributed by atoms with Gasteiger partial charge in [0.1, 0.15) is 0 Å². The van der Waals surface area contributed by atoms with Crippen LogP contribution in [0.3, 0.4) is 0 Å². The fraction of sp³-hybridized carbons (Fsp3) is 0.333. The quantitative estimate of drug-likeness (QED) is 0.869. The van der Waals surface area contributed by atoms with Gasteiger partial charge in [-0.3, -0.25) is 4.79 Å². The molecule has 0 unspecified atom stereocenters. The van der Waals surface area contributed by atoms with Crippen molar-refractivity contribution >= 4 is 18.3 Å². The van der Waals surface area contributed by atoms with Gasteiger partial charge in [0.05, 0.1) is 19.0 Å². The average molecular weight is 323 g/mol. The van der Waals surface area contributed by atoms with Crippen LogP contribution < -0.4 is 15.4 Å². The second kappa shape index (κ2) is 7.29. The lowest BCUT2D eigenvalue weighted by Crippen LogP contribution is -2.48. The summed E-state index contributed by atoms with van der Waals surface area (Å²) in [5.41, 5.74) is 1.20. The van der Waals surface area contributed by atoms with Crippen LogP contribution in [0.2, 0.25) is 0 Å². The van der Waals surface area contributed by atoms with E-state index in [1.807, 2.05) is 30.3 Å². The zero-order valence-electron chi connectivity index (χ0n) is 12.3. The predicted molar refractivity (Wildman–Crippen MR) is 86.1 cm³/mol. The number of benzene rings is 1. The first kappa shape index (κ1) is 16.3. The summed E-state index contributed by atoms with van der Waals surface area (Å²) in [5.74, 6) is 0.785. The summed E-state index contributed by atoms with van der Waals surface area (Å²) in [6.07, 6.45) is 1.72. The van der Waals surface area contributed by atoms with Gasteiger partial charge < -0.3 is 15.4 Å². The van der Waals surface area contributed by atoms with E-state index < -0.39 is 0 Å². The molecule has 0 aliphatic carbocycles. The topological polar surface area (TPSA) is 68.2 Å². The summed E-state index contributed by atoms with van der Waals surface area (Å²) in [6, 6.07) is 9.63. The van der Waals surface area contributed by atoms with Crippen LogP contribution >= 0.6 is 12.4 Å². The Balaban J connectivity index is 0.00000176. The van der Waals surface area contributed by atoms with Gasteiger partial charge in [0, 0.05) is 25.6 Å². The number of hydrogen-bond donors (Lipinski definition) is 2. The molecule has 0 atom stereocenters. The Kier molecular flexibility index (Phi) is 5.41. The lowest BCUT2D eigenvalue weighted by molar-refractivity contribution is 0.0934. The molecule has 3 rings (SSSR count). The van der Waals surface area contributed by atoms with Gasteiger partial charge in [0.2, 0.25) is 0 Å². The van der Waals surface area contributed by atoms with Crippen LogP contribution in [-0.4, -0.2) is 42.4 Å². The minimum Gasteiger partial charge on any atom is -0.493 e. The van der Waals surface area contributed by atoms with Gasteiger partial charge in [-0.2, -0.15) is 5.10 Å². The van der Waals surface area contributed by atoms with E-state index in [0.717, 1.165) is 18.8 Å². The van der Waals surface area contributed by atoms with Crippen LogP contribution in [0.25, 0.3) is 5.69 Å². The van der Waals surface area contributed by atoms with Crippen molar-refractivity contribution < 1.29 is 9.53 Å². The van der Waals surface area contributed by atoms with E-state index in [9.17, 15) is 4.79 Å². The monoisotopic (exact) mass is 322 g/mol. The number of amides is 1. The van der Waals surface area contributed by atoms with Crippen molar-refractivity contribution in [2.24, 2.45) is 5.92 Å². The molecular formula is C15H19ClN4O2. The Bertz CT molecular complexity index is 626. The van der Waals surface area contributed by atoms with Crippen LogP contribution in [0.15, 0.2) is 36.5 Å². The van der Waals surface area contributed by atoms with Gasteiger partial charge in [-0.25, -0.2) is 4.68 Å². The second-order valence-electron chi connectivity index (χ2n) is 5.06. The number of ether oxygens (including phenoxy) is 1. The zero-order chi connectivity index (χ0) is 14.7. The number of halogens is 1. The highest BCUT2D eigenvalue weighted by molar-refractivity contribution is 5.94. The van der Waals surface area contributed by atoms with Crippen molar-refractivity contribution in [1.29, 1.82) is 0 Å². The molecule has 22 heavy (non-hydrogen) atoms. The number of para-hydroxylation sites is 1. The number of aromatic nitrogens is 2. The first-order chi connectivity index (χ1) is 10.3. The van der Waals surface area contributed by atoms with Crippen molar-refractivity contribution in [2.45, 2.75) is 0 Å². The Hall–Kier alpha value is -2.05. The molecule has 0 radical (unpaired) electrons. The first-order valence-electron chi connectivity index (χ1n) is 6.96. The molecule has 2 N–H and O–H groups in total. The maximum absolute atomic E-state index is 12.2. The Morgan fingerprint density at radius 2 is 2.14 bits per heavy atom. The highest BCUT2D eigenvalue weighted by Crippen LogP contribution is 2.19. The first-order valence-corrected chi connectivity index (χ1v) is 6.96. The molecule has 0 bridgehead atoms. The van der Waals surface area contributed by atoms with E-state index in [0.29, 0.717) is 23.9 Å². The van der Waals surface area contributed by atoms with Crippen LogP contribution in [0, 0.1) is 5.92 Å². The number of methoxy groups -OCH3 is 1. The van der Waals surface area contributed by atoms with Crippen molar-refractivity contribution in [2.75, 3.05) is 26.7 Å². The summed E-state index contributed by atoms with van der Waals surface area (Å²) in [6.45, 7) is 2.57. The highest BCUT2D eigenvalue weighted by Gasteiger charge is 2.21. The molecule has 0 saturated carbocycles. The molecule has 0 spiro atoms. The summed E-state index contributed by atoms with van der Waals surface area (Å²) in [7, 11) is 1.54. The molecule has 7 heteroatoms. The van der Waals surface area contributed by atoms with Gasteiger partial charge in [-0.1, -0.05) is 18.2 Å². The number of carbonyl (C=O) groups is 1. The number of hydrogen-bond acceptors (Lipinski definition) is 4. The summed E-state index contributed by atoms with van der Waals surface area (Å²) < 4.78 is 6.91. The largest absolute Gasteiger partial charge is 0.493 e. The minimum atomic E-state index is -0.201. The van der Waals surface area contributed by atoms with Gasteiger partial charge in [-0.05, 0) is 12.1 Å². The fourth-order valence-electron chi connectivity index (χ4n) is 2.19. The summed E-state index contributed by atoms with van der Waals surface area (Å²) in [5, 5.41) is 10.4. The average Bonchev–Trinajstić information content (AvgIpc) is 2.90. The van der Waals surface area contributed by atoms with E-state index in [2.05, 4.69) is 15.7 Å². The third-order valence-corrected chi connectivity index (χ3v) is 3.55. The van der Waals surface area contributed by atoms with Gasteiger partial charge in [0.25, 0.3) is 5.91 Å². The zero-order valence-corrected chi connectivity index (χ0v) is 13.1. The van der Waals surface area contributed by atoms with Gasteiger partial charge in [-0.15, -0.1) is 12.4 Å². The van der Waals surface area contributed by atoms with E-state index >= 15 is 0 Å². The SMILES string of the molecule is COc1cn(-c2ccccc2)nc1C(=O)NCC1CNC1.Cl. The molecule has 1 amide bonds. The number of rotatable bonds is 5. The number of nitrogens with zero attached hydrogens (tertiary/aromatic N) is 2. The van der Waals surface area contributed by atoms with Crippen molar-refractivity contribution in [3.05, 3.63) is 42.2 Å². The van der Waals surface area contributed by atoms with Crippen molar-refractivity contribution in [3.8, 4) is 11.4 Å². The standard InChI is InChI=1S/C15H18N4O2.ClH/c1-21-13-10-19(12-5-3-2-4-6-12)18-14(13)15(20)17-9-11-7-16-8-11;/h2-6,10-11,16H,7-9H2,1H3,(H,17,20);1H. The molecule has 6 nitrogen and oxygen atoms in total. The molecule has 2 aromatic rings. The second-order valence-corrected chi connectivity index (χ2v) is 5.06. The number of nitrogens with one attached hydrogen (secondary N) is 2. The Morgan fingerprint density at radius 1 is 1.41 bits per heavy atom. The van der Waals surface area contributed by atoms with Gasteiger partial charge in [0.15, 0.2) is 11.4 Å². The highest BCUT2D eigenvalue weighted by atomic mass is 35.5. The van der Waals surface area contributed by atoms with Crippen LogP contribution in [0.4, 0.5) is 0 Å². The maximum Gasteiger partial charge on any atom is 0.275 e. The van der Waals surface area contributed by atoms with Gasteiger partial charge >= 0.3 is 0 Å². The predicted octanol–water partition coefficient (Wildman–Crippen LogP) is 1.25. The van der Waals surface area contributed by atoms with Crippen LogP contribution in [0.5, 0.6) is 5.75 Å². The smallest absolute Gasteiger partial charge is 0.275 e. The molecule has 118 valence electrons. The normalized spacial score (nSPS) is 13.9. The Morgan fingerprint density at radius 3 is 2.73 bits per heavy atom. The van der Waals surface area contributed by atoms with E-state index in [-0.39, 0.29) is 18.3 Å². The van der Waals surface area contributed by atoms with Crippen molar-refractivity contribution in [1.82, 2.24) is 20.4 Å². The molecule has 1 aliphatic heterocycles. The molecule has 1 saturated heterocycles. The molecule has 1 aromatic heterocycles. The molecular weight excluding hydrogens is 304 g/mol. The minimum absolute atomic E-state index is 0. The lowest BCUT2D eigenvalue weighted by Gasteiger charge is -2.26. The number of carbonyl (C=O) groups excluding carboxylic acids is 1. The Labute approximate surface area is 135 Å². The van der Waals surface area contributed by atoms with E-state index in [1.165, 1.54) is 0 Å². The third-order valence-electron chi connectivity index (χ3n) is 3.55. The summed E-state index contributed by atoms with van der Waals surface area (Å²) >= 11 is 0. The molecule has 1 aromatic carbocycles. The van der Waals surface area contributed by atoms with Crippen molar-refractivity contribution in [3.63, 3.8) is 0 Å². The fourth-order valence-corrected chi connectivity index (χ4v) is 2.19.